The molecule has 0 spiro atoms. The van der Waals surface area contributed by atoms with Crippen LogP contribution in [0.5, 0.6) is 0 Å². The first-order valence-corrected chi connectivity index (χ1v) is 7.16. The van der Waals surface area contributed by atoms with E-state index >= 15 is 0 Å². The number of nitrogens with two attached hydrogens (primary N) is 1. The Kier molecular flexibility index (Phi) is 4.72. The van der Waals surface area contributed by atoms with Crippen LogP contribution in [0.3, 0.4) is 0 Å². The van der Waals surface area contributed by atoms with E-state index in [9.17, 15) is 4.39 Å². The van der Waals surface area contributed by atoms with Gasteiger partial charge in [0, 0.05) is 10.0 Å². The lowest BCUT2D eigenvalue weighted by atomic mass is 9.95. The summed E-state index contributed by atoms with van der Waals surface area (Å²) in [6, 6.07) is 13.2. The third-order valence-electron chi connectivity index (χ3n) is 3.32. The second-order valence-electron chi connectivity index (χ2n) is 4.72. The van der Waals surface area contributed by atoms with Crippen molar-refractivity contribution < 1.29 is 4.39 Å². The van der Waals surface area contributed by atoms with E-state index in [1.54, 1.807) is 6.07 Å². The van der Waals surface area contributed by atoms with E-state index in [-0.39, 0.29) is 5.82 Å². The molecule has 0 saturated heterocycles. The van der Waals surface area contributed by atoms with Crippen molar-refractivity contribution >= 4 is 15.9 Å². The quantitative estimate of drug-likeness (QED) is 0.867. The van der Waals surface area contributed by atoms with Gasteiger partial charge in [0.1, 0.15) is 5.82 Å². The number of halogens is 2. The van der Waals surface area contributed by atoms with Crippen LogP contribution < -0.4 is 5.73 Å². The molecule has 2 N–H and O–H groups in total. The Hall–Kier alpha value is -1.19. The zero-order chi connectivity index (χ0) is 13.8. The number of hydrogen-bond acceptors (Lipinski definition) is 1. The lowest BCUT2D eigenvalue weighted by Gasteiger charge is -2.11. The van der Waals surface area contributed by atoms with Gasteiger partial charge in [0.2, 0.25) is 0 Å². The molecule has 100 valence electrons. The number of benzene rings is 2. The molecule has 2 rings (SSSR count). The molecule has 1 unspecified atom stereocenters. The predicted molar refractivity (Wildman–Crippen MR) is 81.6 cm³/mol. The fourth-order valence-electron chi connectivity index (χ4n) is 2.13. The summed E-state index contributed by atoms with van der Waals surface area (Å²) < 4.78 is 14.6. The highest BCUT2D eigenvalue weighted by Gasteiger charge is 2.08. The zero-order valence-electron chi connectivity index (χ0n) is 10.9. The first-order valence-electron chi connectivity index (χ1n) is 6.37. The van der Waals surface area contributed by atoms with Gasteiger partial charge in [-0.15, -0.1) is 0 Å². The molecule has 3 heteroatoms. The maximum Gasteiger partial charge on any atom is 0.132 e. The van der Waals surface area contributed by atoms with Crippen LogP contribution in [0, 0.1) is 5.82 Å². The molecule has 1 atom stereocenters. The van der Waals surface area contributed by atoms with Crippen molar-refractivity contribution in [1.82, 2.24) is 0 Å². The van der Waals surface area contributed by atoms with Crippen molar-refractivity contribution in [2.75, 3.05) is 6.54 Å². The van der Waals surface area contributed by atoms with Gasteiger partial charge in [0.25, 0.3) is 0 Å². The standard InChI is InChI=1S/C16H17BrFN/c1-11(8-9-19)12-2-4-13(5-3-12)15-7-6-14(17)10-16(15)18/h2-7,10-11H,8-9,19H2,1H3. The van der Waals surface area contributed by atoms with Gasteiger partial charge in [0.05, 0.1) is 0 Å². The Morgan fingerprint density at radius 2 is 1.84 bits per heavy atom. The minimum atomic E-state index is -0.211. The highest BCUT2D eigenvalue weighted by atomic mass is 79.9. The Balaban J connectivity index is 2.27. The van der Waals surface area contributed by atoms with Crippen molar-refractivity contribution in [3.63, 3.8) is 0 Å². The molecule has 0 saturated carbocycles. The predicted octanol–water partition coefficient (Wildman–Crippen LogP) is 4.71. The molecule has 2 aromatic rings. The van der Waals surface area contributed by atoms with Gasteiger partial charge in [-0.25, -0.2) is 4.39 Å². The van der Waals surface area contributed by atoms with E-state index < -0.39 is 0 Å². The van der Waals surface area contributed by atoms with Gasteiger partial charge < -0.3 is 5.73 Å². The van der Waals surface area contributed by atoms with Gasteiger partial charge >= 0.3 is 0 Å². The van der Waals surface area contributed by atoms with Gasteiger partial charge in [-0.1, -0.05) is 53.2 Å². The normalized spacial score (nSPS) is 12.4. The van der Waals surface area contributed by atoms with Crippen LogP contribution in [0.1, 0.15) is 24.8 Å². The first-order chi connectivity index (χ1) is 9.11. The Labute approximate surface area is 121 Å². The monoisotopic (exact) mass is 321 g/mol. The van der Waals surface area contributed by atoms with Crippen LogP contribution in [-0.4, -0.2) is 6.54 Å². The van der Waals surface area contributed by atoms with E-state index in [0.717, 1.165) is 16.5 Å². The molecule has 2 aromatic carbocycles. The van der Waals surface area contributed by atoms with E-state index in [1.807, 2.05) is 18.2 Å². The van der Waals surface area contributed by atoms with Crippen molar-refractivity contribution in [3.8, 4) is 11.1 Å². The van der Waals surface area contributed by atoms with Crippen molar-refractivity contribution in [2.45, 2.75) is 19.3 Å². The maximum absolute atomic E-state index is 13.9. The smallest absolute Gasteiger partial charge is 0.132 e. The molecule has 0 aliphatic rings. The Bertz CT molecular complexity index is 551. The van der Waals surface area contributed by atoms with E-state index in [1.165, 1.54) is 11.6 Å². The third kappa shape index (κ3) is 3.43. The first kappa shape index (κ1) is 14.2. The van der Waals surface area contributed by atoms with Gasteiger partial charge in [-0.05, 0) is 42.1 Å². The molecular weight excluding hydrogens is 305 g/mol. The molecule has 0 fully saturated rings. The number of rotatable bonds is 4. The van der Waals surface area contributed by atoms with Crippen LogP contribution in [0.15, 0.2) is 46.9 Å². The number of hydrogen-bond donors (Lipinski definition) is 1. The Morgan fingerprint density at radius 1 is 1.16 bits per heavy atom. The van der Waals surface area contributed by atoms with Gasteiger partial charge in [-0.3, -0.25) is 0 Å². The van der Waals surface area contributed by atoms with Crippen LogP contribution in [0.2, 0.25) is 0 Å². The highest BCUT2D eigenvalue weighted by molar-refractivity contribution is 9.10. The molecule has 0 aliphatic heterocycles. The molecule has 1 nitrogen and oxygen atoms in total. The average Bonchev–Trinajstić information content (AvgIpc) is 2.39. The van der Waals surface area contributed by atoms with E-state index in [0.29, 0.717) is 18.0 Å². The molecular formula is C16H17BrFN. The largest absolute Gasteiger partial charge is 0.330 e. The lowest BCUT2D eigenvalue weighted by Crippen LogP contribution is -2.04. The molecule has 0 heterocycles. The lowest BCUT2D eigenvalue weighted by molar-refractivity contribution is 0.630. The van der Waals surface area contributed by atoms with Crippen molar-refractivity contribution in [1.29, 1.82) is 0 Å². The maximum atomic E-state index is 13.9. The van der Waals surface area contributed by atoms with Crippen molar-refractivity contribution in [2.24, 2.45) is 5.73 Å². The molecule has 0 radical (unpaired) electrons. The summed E-state index contributed by atoms with van der Waals surface area (Å²) in [7, 11) is 0. The Morgan fingerprint density at radius 3 is 2.42 bits per heavy atom. The molecule has 0 aliphatic carbocycles. The summed E-state index contributed by atoms with van der Waals surface area (Å²) in [5, 5.41) is 0. The van der Waals surface area contributed by atoms with Crippen molar-refractivity contribution in [3.05, 3.63) is 58.3 Å². The van der Waals surface area contributed by atoms with Crippen LogP contribution in [0.4, 0.5) is 4.39 Å². The summed E-state index contributed by atoms with van der Waals surface area (Å²) in [6.07, 6.45) is 0.964. The van der Waals surface area contributed by atoms with Crippen LogP contribution in [0.25, 0.3) is 11.1 Å². The summed E-state index contributed by atoms with van der Waals surface area (Å²) in [4.78, 5) is 0. The summed E-state index contributed by atoms with van der Waals surface area (Å²) in [6.45, 7) is 2.84. The van der Waals surface area contributed by atoms with E-state index in [4.69, 9.17) is 5.73 Å². The topological polar surface area (TPSA) is 26.0 Å². The minimum absolute atomic E-state index is 0.211. The van der Waals surface area contributed by atoms with Gasteiger partial charge in [-0.2, -0.15) is 0 Å². The molecule has 19 heavy (non-hydrogen) atoms. The second kappa shape index (κ2) is 6.31. The summed E-state index contributed by atoms with van der Waals surface area (Å²) >= 11 is 3.26. The summed E-state index contributed by atoms with van der Waals surface area (Å²) in [5.41, 5.74) is 8.33. The van der Waals surface area contributed by atoms with E-state index in [2.05, 4.69) is 35.0 Å². The molecule has 0 aromatic heterocycles. The van der Waals surface area contributed by atoms with Crippen LogP contribution >= 0.6 is 15.9 Å². The second-order valence-corrected chi connectivity index (χ2v) is 5.64. The highest BCUT2D eigenvalue weighted by Crippen LogP contribution is 2.27. The SMILES string of the molecule is CC(CCN)c1ccc(-c2ccc(Br)cc2F)cc1. The molecule has 0 amide bonds. The van der Waals surface area contributed by atoms with Gasteiger partial charge in [0.15, 0.2) is 0 Å². The summed E-state index contributed by atoms with van der Waals surface area (Å²) in [5.74, 6) is 0.228. The third-order valence-corrected chi connectivity index (χ3v) is 3.81. The molecule has 0 bridgehead atoms. The fraction of sp³-hybridized carbons (Fsp3) is 0.250. The average molecular weight is 322 g/mol. The fourth-order valence-corrected chi connectivity index (χ4v) is 2.46. The minimum Gasteiger partial charge on any atom is -0.330 e. The zero-order valence-corrected chi connectivity index (χ0v) is 12.5. The van der Waals surface area contributed by atoms with Crippen LogP contribution in [-0.2, 0) is 0 Å².